The zero-order chi connectivity index (χ0) is 18.8. The molecule has 2 amide bonds. The van der Waals surface area contributed by atoms with Gasteiger partial charge < -0.3 is 5.32 Å². The largest absolute Gasteiger partial charge is 0.323 e. The summed E-state index contributed by atoms with van der Waals surface area (Å²) >= 11 is 0. The molecule has 7 heteroatoms. The number of rotatable bonds is 4. The number of nitrogens with zero attached hydrogens (tertiary/aromatic N) is 1. The van der Waals surface area contributed by atoms with Gasteiger partial charge in [0.1, 0.15) is 18.2 Å². The van der Waals surface area contributed by atoms with Crippen molar-refractivity contribution in [1.82, 2.24) is 5.32 Å². The average molecular weight is 359 g/mol. The maximum absolute atomic E-state index is 13.9. The van der Waals surface area contributed by atoms with E-state index in [9.17, 15) is 18.4 Å². The molecule has 0 saturated carbocycles. The number of hydrogen-bond acceptors (Lipinski definition) is 3. The Morgan fingerprint density at radius 2 is 1.92 bits per heavy atom. The highest BCUT2D eigenvalue weighted by atomic mass is 19.1. The molecule has 2 aromatic carbocycles. The van der Waals surface area contributed by atoms with Crippen molar-refractivity contribution in [3.8, 4) is 0 Å². The Morgan fingerprint density at radius 1 is 1.19 bits per heavy atom. The zero-order valence-corrected chi connectivity index (χ0v) is 14.4. The summed E-state index contributed by atoms with van der Waals surface area (Å²) in [4.78, 5) is 26.1. The van der Waals surface area contributed by atoms with E-state index < -0.39 is 23.7 Å². The third-order valence-corrected chi connectivity index (χ3v) is 4.34. The van der Waals surface area contributed by atoms with Gasteiger partial charge in [-0.25, -0.2) is 8.78 Å². The predicted molar refractivity (Wildman–Crippen MR) is 94.8 cm³/mol. The van der Waals surface area contributed by atoms with Crippen molar-refractivity contribution in [3.05, 3.63) is 59.7 Å². The Balaban J connectivity index is 1.77. The maximum atomic E-state index is 13.9. The van der Waals surface area contributed by atoms with Gasteiger partial charge in [0.2, 0.25) is 11.8 Å². The van der Waals surface area contributed by atoms with Gasteiger partial charge in [-0.3, -0.25) is 19.8 Å². The maximum Gasteiger partial charge on any atom is 0.244 e. The summed E-state index contributed by atoms with van der Waals surface area (Å²) in [7, 11) is 0. The van der Waals surface area contributed by atoms with Crippen LogP contribution in [0.3, 0.4) is 0 Å². The highest BCUT2D eigenvalue weighted by Crippen LogP contribution is 2.29. The molecule has 0 radical (unpaired) electrons. The normalized spacial score (nSPS) is 15.8. The highest BCUT2D eigenvalue weighted by molar-refractivity contribution is 6.11. The molecule has 0 bridgehead atoms. The minimum atomic E-state index is -0.674. The summed E-state index contributed by atoms with van der Waals surface area (Å²) in [5, 5.41) is 5.74. The number of nitrogens with one attached hydrogen (secondary N) is 2. The quantitative estimate of drug-likeness (QED) is 0.882. The highest BCUT2D eigenvalue weighted by Gasteiger charge is 2.30. The van der Waals surface area contributed by atoms with Gasteiger partial charge in [-0.15, -0.1) is 0 Å². The van der Waals surface area contributed by atoms with Gasteiger partial charge in [0.15, 0.2) is 0 Å². The van der Waals surface area contributed by atoms with E-state index in [1.54, 1.807) is 38.1 Å². The SMILES string of the molecule is C[C@H](N[C@H](C)C(=O)N1CC(=O)Nc2ccccc21)c1ccc(F)cc1F. The first-order chi connectivity index (χ1) is 12.4. The molecule has 1 heterocycles. The lowest BCUT2D eigenvalue weighted by molar-refractivity contribution is -0.123. The van der Waals surface area contributed by atoms with Crippen LogP contribution in [-0.4, -0.2) is 24.4 Å². The van der Waals surface area contributed by atoms with Crippen molar-refractivity contribution >= 4 is 23.2 Å². The van der Waals surface area contributed by atoms with E-state index in [-0.39, 0.29) is 23.9 Å². The zero-order valence-electron chi connectivity index (χ0n) is 14.4. The Kier molecular flexibility index (Phi) is 4.99. The summed E-state index contributed by atoms with van der Waals surface area (Å²) in [5.41, 5.74) is 1.45. The van der Waals surface area contributed by atoms with Crippen molar-refractivity contribution in [2.45, 2.75) is 25.9 Å². The number of anilines is 2. The molecule has 0 fully saturated rings. The number of amides is 2. The molecule has 2 N–H and O–H groups in total. The van der Waals surface area contributed by atoms with Crippen molar-refractivity contribution < 1.29 is 18.4 Å². The molecular formula is C19H19F2N3O2. The molecule has 0 spiro atoms. The molecule has 1 aliphatic rings. The second-order valence-electron chi connectivity index (χ2n) is 6.27. The van der Waals surface area contributed by atoms with E-state index in [1.807, 2.05) is 0 Å². The van der Waals surface area contributed by atoms with Crippen molar-refractivity contribution in [2.75, 3.05) is 16.8 Å². The smallest absolute Gasteiger partial charge is 0.244 e. The monoisotopic (exact) mass is 359 g/mol. The number of fused-ring (bicyclic) bond motifs is 1. The minimum absolute atomic E-state index is 0.0822. The number of carbonyl (C=O) groups excluding carboxylic acids is 2. The number of halogens is 2. The van der Waals surface area contributed by atoms with Crippen LogP contribution in [0.15, 0.2) is 42.5 Å². The summed E-state index contributed by atoms with van der Waals surface area (Å²) < 4.78 is 27.0. The lowest BCUT2D eigenvalue weighted by atomic mass is 10.1. The number of para-hydroxylation sites is 2. The second-order valence-corrected chi connectivity index (χ2v) is 6.27. The topological polar surface area (TPSA) is 61.4 Å². The van der Waals surface area contributed by atoms with Crippen LogP contribution < -0.4 is 15.5 Å². The molecule has 3 rings (SSSR count). The van der Waals surface area contributed by atoms with Crippen LogP contribution in [0, 0.1) is 11.6 Å². The first-order valence-electron chi connectivity index (χ1n) is 8.28. The van der Waals surface area contributed by atoms with Crippen molar-refractivity contribution in [2.24, 2.45) is 0 Å². The minimum Gasteiger partial charge on any atom is -0.323 e. The summed E-state index contributed by atoms with van der Waals surface area (Å²) in [5.74, 6) is -1.91. The van der Waals surface area contributed by atoms with Crippen LogP contribution in [0.5, 0.6) is 0 Å². The second kappa shape index (κ2) is 7.21. The van der Waals surface area contributed by atoms with Crippen molar-refractivity contribution in [1.29, 1.82) is 0 Å². The van der Waals surface area contributed by atoms with Crippen molar-refractivity contribution in [3.63, 3.8) is 0 Å². The Hall–Kier alpha value is -2.80. The molecule has 2 aromatic rings. The van der Waals surface area contributed by atoms with Gasteiger partial charge in [0, 0.05) is 17.7 Å². The number of hydrogen-bond donors (Lipinski definition) is 2. The molecule has 26 heavy (non-hydrogen) atoms. The molecule has 2 atom stereocenters. The van der Waals surface area contributed by atoms with Gasteiger partial charge in [0.05, 0.1) is 17.4 Å². The van der Waals surface area contributed by atoms with Gasteiger partial charge >= 0.3 is 0 Å². The first kappa shape index (κ1) is 18.0. The summed E-state index contributed by atoms with van der Waals surface area (Å²) in [6.45, 7) is 3.26. The summed E-state index contributed by atoms with van der Waals surface area (Å²) in [6, 6.07) is 9.18. The third-order valence-electron chi connectivity index (χ3n) is 4.34. The number of carbonyl (C=O) groups is 2. The standard InChI is InChI=1S/C19H19F2N3O2/c1-11(14-8-7-13(20)9-15(14)21)22-12(2)19(26)24-10-18(25)23-16-5-3-4-6-17(16)24/h3-9,11-12,22H,10H2,1-2H3,(H,23,25)/t11-,12+/m0/s1. The van der Waals surface area contributed by atoms with E-state index in [1.165, 1.54) is 17.0 Å². The fraction of sp³-hybridized carbons (Fsp3) is 0.263. The van der Waals surface area contributed by atoms with Crippen LogP contribution in [0.4, 0.5) is 20.2 Å². The van der Waals surface area contributed by atoms with Crippen LogP contribution in [0.2, 0.25) is 0 Å². The fourth-order valence-corrected chi connectivity index (χ4v) is 3.05. The van der Waals surface area contributed by atoms with E-state index in [4.69, 9.17) is 0 Å². The molecule has 0 saturated heterocycles. The molecule has 5 nitrogen and oxygen atoms in total. The molecular weight excluding hydrogens is 340 g/mol. The van der Waals surface area contributed by atoms with Gasteiger partial charge in [0.25, 0.3) is 0 Å². The Bertz CT molecular complexity index is 856. The van der Waals surface area contributed by atoms with Gasteiger partial charge in [-0.1, -0.05) is 18.2 Å². The Morgan fingerprint density at radius 3 is 2.65 bits per heavy atom. The van der Waals surface area contributed by atoms with E-state index in [2.05, 4.69) is 10.6 Å². The molecule has 136 valence electrons. The lowest BCUT2D eigenvalue weighted by Gasteiger charge is -2.32. The molecule has 1 aliphatic heterocycles. The summed E-state index contributed by atoms with van der Waals surface area (Å²) in [6.07, 6.45) is 0. The predicted octanol–water partition coefficient (Wildman–Crippen LogP) is 2.99. The van der Waals surface area contributed by atoms with Gasteiger partial charge in [-0.05, 0) is 32.0 Å². The van der Waals surface area contributed by atoms with Gasteiger partial charge in [-0.2, -0.15) is 0 Å². The first-order valence-corrected chi connectivity index (χ1v) is 8.28. The Labute approximate surface area is 150 Å². The number of benzene rings is 2. The average Bonchev–Trinajstić information content (AvgIpc) is 2.60. The van der Waals surface area contributed by atoms with Crippen LogP contribution in [-0.2, 0) is 9.59 Å². The van der Waals surface area contributed by atoms with E-state index in [0.29, 0.717) is 11.4 Å². The molecule has 0 aromatic heterocycles. The lowest BCUT2D eigenvalue weighted by Crippen LogP contribution is -2.50. The third kappa shape index (κ3) is 3.57. The molecule has 0 aliphatic carbocycles. The molecule has 0 unspecified atom stereocenters. The van der Waals surface area contributed by atoms with E-state index >= 15 is 0 Å². The van der Waals surface area contributed by atoms with E-state index in [0.717, 1.165) is 6.07 Å². The van der Waals surface area contributed by atoms with Crippen LogP contribution >= 0.6 is 0 Å². The van der Waals surface area contributed by atoms with Crippen LogP contribution in [0.1, 0.15) is 25.5 Å². The van der Waals surface area contributed by atoms with Crippen LogP contribution in [0.25, 0.3) is 0 Å². The fourth-order valence-electron chi connectivity index (χ4n) is 3.05.